The number of aliphatic hydroxyl groups is 1. The quantitative estimate of drug-likeness (QED) is 0.833. The van der Waals surface area contributed by atoms with Crippen molar-refractivity contribution in [2.45, 2.75) is 12.5 Å². The number of aliphatic hydroxyl groups excluding tert-OH is 1. The first-order chi connectivity index (χ1) is 8.34. The van der Waals surface area contributed by atoms with Gasteiger partial charge in [-0.25, -0.2) is 0 Å². The molecular formula is C15H13NO. The maximum Gasteiger partial charge on any atom is 0.117 e. The van der Waals surface area contributed by atoms with Crippen molar-refractivity contribution in [3.05, 3.63) is 65.7 Å². The van der Waals surface area contributed by atoms with E-state index < -0.39 is 6.10 Å². The zero-order valence-corrected chi connectivity index (χ0v) is 9.38. The molecule has 2 aromatic carbocycles. The molecule has 1 atom stereocenters. The Balaban J connectivity index is 1.90. The van der Waals surface area contributed by atoms with Gasteiger partial charge in [0.2, 0.25) is 0 Å². The average Bonchev–Trinajstić information content (AvgIpc) is 2.82. The highest BCUT2D eigenvalue weighted by atomic mass is 16.3. The molecule has 0 spiro atoms. The van der Waals surface area contributed by atoms with E-state index in [1.807, 2.05) is 48.5 Å². The zero-order chi connectivity index (χ0) is 11.7. The van der Waals surface area contributed by atoms with Gasteiger partial charge in [-0.1, -0.05) is 48.5 Å². The molecule has 0 bridgehead atoms. The summed E-state index contributed by atoms with van der Waals surface area (Å²) in [6.07, 6.45) is 0.148. The van der Waals surface area contributed by atoms with Crippen LogP contribution in [-0.2, 0) is 6.42 Å². The van der Waals surface area contributed by atoms with Crippen LogP contribution in [0.3, 0.4) is 0 Å². The normalized spacial score (nSPS) is 15.2. The van der Waals surface area contributed by atoms with Crippen LogP contribution in [-0.4, -0.2) is 10.8 Å². The second-order valence-corrected chi connectivity index (χ2v) is 4.22. The molecule has 1 aliphatic rings. The second kappa shape index (κ2) is 4.15. The Hall–Kier alpha value is -1.93. The Kier molecular flexibility index (Phi) is 2.50. The molecule has 3 rings (SSSR count). The highest BCUT2D eigenvalue weighted by Crippen LogP contribution is 2.30. The van der Waals surface area contributed by atoms with Gasteiger partial charge in [0, 0.05) is 6.42 Å². The molecular weight excluding hydrogens is 210 g/mol. The summed E-state index contributed by atoms with van der Waals surface area (Å²) in [5, 5.41) is 10.3. The van der Waals surface area contributed by atoms with E-state index in [2.05, 4.69) is 11.1 Å². The molecule has 1 unspecified atom stereocenters. The molecule has 0 saturated carbocycles. The lowest BCUT2D eigenvalue weighted by Gasteiger charge is -2.10. The third-order valence-electron chi connectivity index (χ3n) is 3.06. The van der Waals surface area contributed by atoms with Crippen molar-refractivity contribution in [2.75, 3.05) is 0 Å². The SMILES string of the molecule is OC(C1=Nc2ccccc2C1)c1ccccc1. The number of benzene rings is 2. The number of rotatable bonds is 2. The highest BCUT2D eigenvalue weighted by molar-refractivity contribution is 5.97. The third-order valence-corrected chi connectivity index (χ3v) is 3.06. The van der Waals surface area contributed by atoms with Crippen LogP contribution in [0.1, 0.15) is 17.2 Å². The molecule has 17 heavy (non-hydrogen) atoms. The van der Waals surface area contributed by atoms with Crippen molar-refractivity contribution in [1.82, 2.24) is 0 Å². The van der Waals surface area contributed by atoms with E-state index in [0.717, 1.165) is 23.4 Å². The van der Waals surface area contributed by atoms with Gasteiger partial charge in [0.1, 0.15) is 6.10 Å². The topological polar surface area (TPSA) is 32.6 Å². The lowest BCUT2D eigenvalue weighted by molar-refractivity contribution is 0.246. The Morgan fingerprint density at radius 1 is 0.941 bits per heavy atom. The van der Waals surface area contributed by atoms with Gasteiger partial charge in [-0.15, -0.1) is 0 Å². The van der Waals surface area contributed by atoms with Crippen molar-refractivity contribution < 1.29 is 5.11 Å². The van der Waals surface area contributed by atoms with Crippen LogP contribution in [0.2, 0.25) is 0 Å². The first-order valence-corrected chi connectivity index (χ1v) is 5.73. The standard InChI is InChI=1S/C15H13NO/c17-15(11-6-2-1-3-7-11)14-10-12-8-4-5-9-13(12)16-14/h1-9,15,17H,10H2. The van der Waals surface area contributed by atoms with Crippen LogP contribution in [0.15, 0.2) is 59.6 Å². The van der Waals surface area contributed by atoms with Crippen LogP contribution in [0.5, 0.6) is 0 Å². The zero-order valence-electron chi connectivity index (χ0n) is 9.38. The summed E-state index contributed by atoms with van der Waals surface area (Å²) < 4.78 is 0. The van der Waals surface area contributed by atoms with E-state index >= 15 is 0 Å². The maximum absolute atomic E-state index is 10.3. The van der Waals surface area contributed by atoms with Gasteiger partial charge in [0.05, 0.1) is 11.4 Å². The van der Waals surface area contributed by atoms with Gasteiger partial charge in [-0.2, -0.15) is 0 Å². The van der Waals surface area contributed by atoms with Gasteiger partial charge in [-0.05, 0) is 17.2 Å². The summed E-state index contributed by atoms with van der Waals surface area (Å²) in [5.74, 6) is 0. The van der Waals surface area contributed by atoms with E-state index in [1.165, 1.54) is 5.56 Å². The van der Waals surface area contributed by atoms with Crippen molar-refractivity contribution in [3.63, 3.8) is 0 Å². The number of fused-ring (bicyclic) bond motifs is 1. The number of nitrogens with zero attached hydrogens (tertiary/aromatic N) is 1. The largest absolute Gasteiger partial charge is 0.382 e. The van der Waals surface area contributed by atoms with Crippen LogP contribution in [0, 0.1) is 0 Å². The van der Waals surface area contributed by atoms with E-state index in [4.69, 9.17) is 0 Å². The van der Waals surface area contributed by atoms with Gasteiger partial charge >= 0.3 is 0 Å². The van der Waals surface area contributed by atoms with Crippen LogP contribution in [0.4, 0.5) is 5.69 Å². The molecule has 2 nitrogen and oxygen atoms in total. The van der Waals surface area contributed by atoms with Crippen molar-refractivity contribution in [2.24, 2.45) is 4.99 Å². The Bertz CT molecular complexity index is 560. The number of para-hydroxylation sites is 1. The lowest BCUT2D eigenvalue weighted by atomic mass is 10.0. The van der Waals surface area contributed by atoms with Crippen molar-refractivity contribution in [1.29, 1.82) is 0 Å². The molecule has 0 aliphatic carbocycles. The molecule has 0 radical (unpaired) electrons. The molecule has 0 aromatic heterocycles. The van der Waals surface area contributed by atoms with E-state index in [1.54, 1.807) is 0 Å². The van der Waals surface area contributed by atoms with Crippen LogP contribution in [0.25, 0.3) is 0 Å². The highest BCUT2D eigenvalue weighted by Gasteiger charge is 2.21. The molecule has 1 N–H and O–H groups in total. The lowest BCUT2D eigenvalue weighted by Crippen LogP contribution is -2.11. The van der Waals surface area contributed by atoms with Crippen molar-refractivity contribution >= 4 is 11.4 Å². The van der Waals surface area contributed by atoms with Gasteiger partial charge in [0.15, 0.2) is 0 Å². The Labute approximate surface area is 100 Å². The van der Waals surface area contributed by atoms with Crippen molar-refractivity contribution in [3.8, 4) is 0 Å². The molecule has 1 aliphatic heterocycles. The van der Waals surface area contributed by atoms with E-state index in [0.29, 0.717) is 0 Å². The van der Waals surface area contributed by atoms with Gasteiger partial charge < -0.3 is 5.11 Å². The minimum Gasteiger partial charge on any atom is -0.382 e. The first kappa shape index (κ1) is 10.2. The van der Waals surface area contributed by atoms with Gasteiger partial charge in [-0.3, -0.25) is 4.99 Å². The Morgan fingerprint density at radius 2 is 1.65 bits per heavy atom. The fraction of sp³-hybridized carbons (Fsp3) is 0.133. The average molecular weight is 223 g/mol. The first-order valence-electron chi connectivity index (χ1n) is 5.73. The predicted octanol–water partition coefficient (Wildman–Crippen LogP) is 3.05. The summed E-state index contributed by atoms with van der Waals surface area (Å²) in [6.45, 7) is 0. The molecule has 84 valence electrons. The smallest absolute Gasteiger partial charge is 0.117 e. The van der Waals surface area contributed by atoms with E-state index in [9.17, 15) is 5.11 Å². The predicted molar refractivity (Wildman–Crippen MR) is 68.6 cm³/mol. The molecule has 0 fully saturated rings. The molecule has 0 amide bonds. The summed E-state index contributed by atoms with van der Waals surface area (Å²) >= 11 is 0. The number of aliphatic imine (C=N–C) groups is 1. The summed E-state index contributed by atoms with van der Waals surface area (Å²) in [4.78, 5) is 4.49. The maximum atomic E-state index is 10.3. The molecule has 1 heterocycles. The number of hydrogen-bond acceptors (Lipinski definition) is 2. The molecule has 0 saturated heterocycles. The summed E-state index contributed by atoms with van der Waals surface area (Å²) in [7, 11) is 0. The summed E-state index contributed by atoms with van der Waals surface area (Å²) in [5.41, 5.74) is 3.91. The minimum absolute atomic E-state index is 0.594. The molecule has 2 aromatic rings. The molecule has 2 heteroatoms. The fourth-order valence-electron chi connectivity index (χ4n) is 2.14. The summed E-state index contributed by atoms with van der Waals surface area (Å²) in [6, 6.07) is 17.7. The van der Waals surface area contributed by atoms with Crippen LogP contribution >= 0.6 is 0 Å². The van der Waals surface area contributed by atoms with Gasteiger partial charge in [0.25, 0.3) is 0 Å². The third kappa shape index (κ3) is 1.87. The Morgan fingerprint density at radius 3 is 2.41 bits per heavy atom. The monoisotopic (exact) mass is 223 g/mol. The van der Waals surface area contributed by atoms with Crippen LogP contribution < -0.4 is 0 Å². The second-order valence-electron chi connectivity index (χ2n) is 4.22. The van der Waals surface area contributed by atoms with E-state index in [-0.39, 0.29) is 0 Å². The minimum atomic E-state index is -0.594. The number of hydrogen-bond donors (Lipinski definition) is 1. The fourth-order valence-corrected chi connectivity index (χ4v) is 2.14.